The topological polar surface area (TPSA) is 86.7 Å². The van der Waals surface area contributed by atoms with Gasteiger partial charge >= 0.3 is 5.97 Å². The van der Waals surface area contributed by atoms with Crippen LogP contribution in [0.15, 0.2) is 24.3 Å². The van der Waals surface area contributed by atoms with Crippen LogP contribution < -0.4 is 5.32 Å². The molecule has 2 aliphatic heterocycles. The molecule has 0 saturated carbocycles. The normalized spacial score (nSPS) is 24.1. The monoisotopic (exact) mass is 394 g/mol. The highest BCUT2D eigenvalue weighted by atomic mass is 32.2. The SMILES string of the molecule is CSCC[C@H](NC(=O)[C@H]1N2C(=O)c3ccccc3[C@@H]2SC1(C)C)C(=O)O. The predicted octanol–water partition coefficient (Wildman–Crippen LogP) is 2.36. The van der Waals surface area contributed by atoms with Gasteiger partial charge in [0.15, 0.2) is 0 Å². The Hall–Kier alpha value is -1.67. The number of carbonyl (C=O) groups excluding carboxylic acids is 2. The zero-order valence-corrected chi connectivity index (χ0v) is 16.5. The van der Waals surface area contributed by atoms with Gasteiger partial charge in [-0.2, -0.15) is 11.8 Å². The van der Waals surface area contributed by atoms with Crippen LogP contribution >= 0.6 is 23.5 Å². The first kappa shape index (κ1) is 19.1. The van der Waals surface area contributed by atoms with Crippen LogP contribution in [0.2, 0.25) is 0 Å². The number of hydrogen-bond donors (Lipinski definition) is 2. The van der Waals surface area contributed by atoms with Gasteiger partial charge in [-0.3, -0.25) is 9.59 Å². The molecule has 8 heteroatoms. The van der Waals surface area contributed by atoms with Crippen molar-refractivity contribution in [3.8, 4) is 0 Å². The molecule has 1 saturated heterocycles. The van der Waals surface area contributed by atoms with E-state index in [9.17, 15) is 19.5 Å². The molecule has 26 heavy (non-hydrogen) atoms. The Bertz CT molecular complexity index is 752. The molecule has 6 nitrogen and oxygen atoms in total. The maximum Gasteiger partial charge on any atom is 0.326 e. The van der Waals surface area contributed by atoms with Crippen molar-refractivity contribution in [1.29, 1.82) is 0 Å². The van der Waals surface area contributed by atoms with E-state index in [1.165, 1.54) is 11.8 Å². The molecule has 0 spiro atoms. The summed E-state index contributed by atoms with van der Waals surface area (Å²) in [5.74, 6) is -0.987. The van der Waals surface area contributed by atoms with Gasteiger partial charge < -0.3 is 15.3 Å². The molecular weight excluding hydrogens is 372 g/mol. The van der Waals surface area contributed by atoms with E-state index >= 15 is 0 Å². The Morgan fingerprint density at radius 3 is 2.73 bits per heavy atom. The second kappa shape index (κ2) is 7.15. The van der Waals surface area contributed by atoms with Gasteiger partial charge in [0.1, 0.15) is 17.5 Å². The lowest BCUT2D eigenvalue weighted by Crippen LogP contribution is -2.55. The van der Waals surface area contributed by atoms with Gasteiger partial charge in [-0.05, 0) is 43.9 Å². The summed E-state index contributed by atoms with van der Waals surface area (Å²) in [5.41, 5.74) is 1.54. The quantitative estimate of drug-likeness (QED) is 0.770. The van der Waals surface area contributed by atoms with Gasteiger partial charge in [-0.15, -0.1) is 11.8 Å². The highest BCUT2D eigenvalue weighted by molar-refractivity contribution is 8.01. The number of thioether (sulfide) groups is 2. The average Bonchev–Trinajstić information content (AvgIpc) is 3.01. The fourth-order valence-corrected chi connectivity index (χ4v) is 5.61. The summed E-state index contributed by atoms with van der Waals surface area (Å²) in [6.07, 6.45) is 2.24. The molecule has 2 amide bonds. The largest absolute Gasteiger partial charge is 0.480 e. The fraction of sp³-hybridized carbons (Fsp3) is 0.500. The molecule has 3 atom stereocenters. The van der Waals surface area contributed by atoms with E-state index in [1.807, 2.05) is 38.3 Å². The molecule has 0 aliphatic carbocycles. The zero-order chi connectivity index (χ0) is 19.1. The van der Waals surface area contributed by atoms with Crippen molar-refractivity contribution in [2.75, 3.05) is 12.0 Å². The van der Waals surface area contributed by atoms with Crippen LogP contribution in [0.3, 0.4) is 0 Å². The lowest BCUT2D eigenvalue weighted by atomic mass is 10.00. The van der Waals surface area contributed by atoms with Crippen LogP contribution in [0.4, 0.5) is 0 Å². The standard InChI is InChI=1S/C18H22N2O4S2/c1-18(2)13(14(21)19-12(17(23)24)8-9-25-3)20-15(22)10-6-4-5-7-11(10)16(20)26-18/h4-7,12-13,16H,8-9H2,1-3H3,(H,19,21)(H,23,24)/t12-,13+,16-/m0/s1. The van der Waals surface area contributed by atoms with Crippen molar-refractivity contribution in [3.05, 3.63) is 35.4 Å². The molecule has 1 aromatic carbocycles. The third kappa shape index (κ3) is 3.20. The summed E-state index contributed by atoms with van der Waals surface area (Å²) in [4.78, 5) is 39.0. The Morgan fingerprint density at radius 1 is 1.38 bits per heavy atom. The number of benzene rings is 1. The first-order valence-electron chi connectivity index (χ1n) is 8.39. The Labute approximate surface area is 161 Å². The number of carboxylic acids is 1. The van der Waals surface area contributed by atoms with E-state index in [0.717, 1.165) is 5.56 Å². The first-order chi connectivity index (χ1) is 12.3. The minimum absolute atomic E-state index is 0.167. The minimum atomic E-state index is -1.05. The number of carboxylic acid groups (broad SMARTS) is 1. The van der Waals surface area contributed by atoms with E-state index in [1.54, 1.807) is 22.7 Å². The highest BCUT2D eigenvalue weighted by Crippen LogP contribution is 2.56. The summed E-state index contributed by atoms with van der Waals surface area (Å²) < 4.78 is -0.513. The van der Waals surface area contributed by atoms with E-state index in [2.05, 4.69) is 5.32 Å². The van der Waals surface area contributed by atoms with Gasteiger partial charge in [-0.25, -0.2) is 4.79 Å². The smallest absolute Gasteiger partial charge is 0.326 e. The lowest BCUT2D eigenvalue weighted by Gasteiger charge is -2.30. The van der Waals surface area contributed by atoms with Crippen LogP contribution in [0.1, 0.15) is 41.6 Å². The van der Waals surface area contributed by atoms with Crippen molar-refractivity contribution < 1.29 is 19.5 Å². The Balaban J connectivity index is 1.86. The van der Waals surface area contributed by atoms with Crippen LogP contribution in [0, 0.1) is 0 Å². The molecule has 0 bridgehead atoms. The number of fused-ring (bicyclic) bond motifs is 3. The van der Waals surface area contributed by atoms with Gasteiger partial charge in [0.05, 0.1) is 0 Å². The minimum Gasteiger partial charge on any atom is -0.480 e. The number of aliphatic carboxylic acids is 1. The second-order valence-corrected chi connectivity index (χ2v) is 9.68. The maximum absolute atomic E-state index is 13.0. The molecule has 3 rings (SSSR count). The van der Waals surface area contributed by atoms with Crippen LogP contribution in [-0.4, -0.2) is 56.6 Å². The molecule has 0 radical (unpaired) electrons. The molecule has 0 aromatic heterocycles. The number of amides is 2. The first-order valence-corrected chi connectivity index (χ1v) is 10.7. The Kier molecular flexibility index (Phi) is 5.25. The molecule has 140 valence electrons. The van der Waals surface area contributed by atoms with Crippen molar-refractivity contribution in [2.45, 2.75) is 42.5 Å². The Morgan fingerprint density at radius 2 is 2.08 bits per heavy atom. The lowest BCUT2D eigenvalue weighted by molar-refractivity contribution is -0.142. The summed E-state index contributed by atoms with van der Waals surface area (Å²) >= 11 is 3.10. The van der Waals surface area contributed by atoms with Crippen LogP contribution in [0.25, 0.3) is 0 Å². The zero-order valence-electron chi connectivity index (χ0n) is 14.9. The molecule has 2 aliphatic rings. The van der Waals surface area contributed by atoms with Gasteiger partial charge in [-0.1, -0.05) is 18.2 Å². The number of nitrogens with one attached hydrogen (secondary N) is 1. The fourth-order valence-electron chi connectivity index (χ4n) is 3.55. The number of hydrogen-bond acceptors (Lipinski definition) is 5. The summed E-state index contributed by atoms with van der Waals surface area (Å²) in [6.45, 7) is 3.85. The summed E-state index contributed by atoms with van der Waals surface area (Å²) in [7, 11) is 0. The highest BCUT2D eigenvalue weighted by Gasteiger charge is 2.57. The van der Waals surface area contributed by atoms with Crippen LogP contribution in [-0.2, 0) is 9.59 Å². The van der Waals surface area contributed by atoms with Gasteiger partial charge in [0.25, 0.3) is 5.91 Å². The molecule has 0 unspecified atom stereocenters. The predicted molar refractivity (Wildman–Crippen MR) is 103 cm³/mol. The van der Waals surface area contributed by atoms with E-state index in [0.29, 0.717) is 17.7 Å². The molecule has 2 N–H and O–H groups in total. The summed E-state index contributed by atoms with van der Waals surface area (Å²) in [5, 5.41) is 11.8. The van der Waals surface area contributed by atoms with Crippen LogP contribution in [0.5, 0.6) is 0 Å². The van der Waals surface area contributed by atoms with Crippen molar-refractivity contribution in [1.82, 2.24) is 10.2 Å². The van der Waals surface area contributed by atoms with E-state index < -0.39 is 28.7 Å². The van der Waals surface area contributed by atoms with Gasteiger partial charge in [0, 0.05) is 10.3 Å². The molecule has 1 aromatic rings. The van der Waals surface area contributed by atoms with E-state index in [-0.39, 0.29) is 11.3 Å². The number of rotatable bonds is 6. The number of carbonyl (C=O) groups is 3. The summed E-state index contributed by atoms with van der Waals surface area (Å²) in [6, 6.07) is 5.73. The van der Waals surface area contributed by atoms with E-state index in [4.69, 9.17) is 0 Å². The second-order valence-electron chi connectivity index (χ2n) is 6.96. The average molecular weight is 395 g/mol. The molecular formula is C18H22N2O4S2. The van der Waals surface area contributed by atoms with Crippen molar-refractivity contribution in [3.63, 3.8) is 0 Å². The van der Waals surface area contributed by atoms with Gasteiger partial charge in [0.2, 0.25) is 5.91 Å². The third-order valence-electron chi connectivity index (χ3n) is 4.77. The maximum atomic E-state index is 13.0. The van der Waals surface area contributed by atoms with Crippen molar-refractivity contribution >= 4 is 41.3 Å². The van der Waals surface area contributed by atoms with Crippen molar-refractivity contribution in [2.24, 2.45) is 0 Å². The number of nitrogens with zero attached hydrogens (tertiary/aromatic N) is 1. The molecule has 2 heterocycles. The third-order valence-corrected chi connectivity index (χ3v) is 6.95. The molecule has 1 fully saturated rings.